The molecule has 11 nitrogen and oxygen atoms in total. The molecule has 1 aromatic heterocycles. The Balaban J connectivity index is 1.88. The maximum atomic E-state index is 13.9. The number of carboxylic acids is 1. The maximum absolute atomic E-state index is 13.9. The Kier molecular flexibility index (Phi) is 9.13. The first kappa shape index (κ1) is 29.4. The second kappa shape index (κ2) is 12.7. The first-order chi connectivity index (χ1) is 19.7. The smallest absolute Gasteiger partial charge is 0.341 e. The zero-order valence-electron chi connectivity index (χ0n) is 23.3. The maximum Gasteiger partial charge on any atom is 0.341 e. The monoisotopic (exact) mass is 582 g/mol. The highest BCUT2D eigenvalue weighted by atomic mass is 32.1. The Hall–Kier alpha value is -4.58. The Labute approximate surface area is 239 Å². The summed E-state index contributed by atoms with van der Waals surface area (Å²) >= 11 is 1.18. The molecule has 0 saturated heterocycles. The molecule has 3 aromatic rings. The van der Waals surface area contributed by atoms with Gasteiger partial charge in [0, 0.05) is 0 Å². The third kappa shape index (κ3) is 6.12. The van der Waals surface area contributed by atoms with Crippen molar-refractivity contribution in [3.8, 4) is 23.0 Å². The number of carboxylic acid groups (broad SMARTS) is 1. The summed E-state index contributed by atoms with van der Waals surface area (Å²) in [5.41, 5.74) is 1.58. The molecule has 0 amide bonds. The molecule has 2 aromatic carbocycles. The van der Waals surface area contributed by atoms with Crippen molar-refractivity contribution in [3.63, 3.8) is 0 Å². The molecule has 0 radical (unpaired) electrons. The number of carbonyl (C=O) groups excluding carboxylic acids is 1. The lowest BCUT2D eigenvalue weighted by Gasteiger charge is -2.25. The highest BCUT2D eigenvalue weighted by Gasteiger charge is 2.34. The summed E-state index contributed by atoms with van der Waals surface area (Å²) in [5.74, 6) is -0.116. The summed E-state index contributed by atoms with van der Waals surface area (Å²) in [6.45, 7) is 5.31. The van der Waals surface area contributed by atoms with Crippen molar-refractivity contribution in [1.29, 1.82) is 0 Å². The number of fused-ring (bicyclic) bond motifs is 1. The molecular formula is C29H30N2O9S. The number of aromatic nitrogens is 1. The Morgan fingerprint density at radius 1 is 1.00 bits per heavy atom. The van der Waals surface area contributed by atoms with Crippen LogP contribution in [0.1, 0.15) is 37.9 Å². The molecule has 4 rings (SSSR count). The predicted molar refractivity (Wildman–Crippen MR) is 151 cm³/mol. The van der Waals surface area contributed by atoms with E-state index in [2.05, 4.69) is 4.99 Å². The summed E-state index contributed by atoms with van der Waals surface area (Å²) in [6, 6.07) is 9.34. The van der Waals surface area contributed by atoms with Crippen molar-refractivity contribution in [2.45, 2.75) is 26.8 Å². The van der Waals surface area contributed by atoms with Gasteiger partial charge in [-0.1, -0.05) is 23.5 Å². The van der Waals surface area contributed by atoms with E-state index >= 15 is 0 Å². The molecule has 0 spiro atoms. The van der Waals surface area contributed by atoms with Gasteiger partial charge < -0.3 is 28.8 Å². The second-order valence-corrected chi connectivity index (χ2v) is 9.75. The number of thiazole rings is 1. The number of rotatable bonds is 11. The average Bonchev–Trinajstić information content (AvgIpc) is 3.25. The topological polar surface area (TPSA) is 135 Å². The fourth-order valence-electron chi connectivity index (χ4n) is 4.42. The Morgan fingerprint density at radius 3 is 2.39 bits per heavy atom. The minimum absolute atomic E-state index is 0.160. The zero-order chi connectivity index (χ0) is 29.7. The summed E-state index contributed by atoms with van der Waals surface area (Å²) in [4.78, 5) is 43.0. The van der Waals surface area contributed by atoms with Crippen LogP contribution in [-0.2, 0) is 14.3 Å². The number of allylic oxidation sites excluding steroid dienone is 1. The fraction of sp³-hybridized carbons (Fsp3) is 0.310. The van der Waals surface area contributed by atoms with Gasteiger partial charge >= 0.3 is 11.9 Å². The Morgan fingerprint density at radius 2 is 1.73 bits per heavy atom. The van der Waals surface area contributed by atoms with Crippen LogP contribution in [0.5, 0.6) is 23.0 Å². The highest BCUT2D eigenvalue weighted by Crippen LogP contribution is 2.36. The van der Waals surface area contributed by atoms with E-state index in [4.69, 9.17) is 28.8 Å². The molecule has 1 aliphatic heterocycles. The van der Waals surface area contributed by atoms with Crippen LogP contribution >= 0.6 is 11.3 Å². The summed E-state index contributed by atoms with van der Waals surface area (Å²) in [5, 5.41) is 8.91. The normalized spacial score (nSPS) is 14.7. The number of esters is 1. The van der Waals surface area contributed by atoms with Crippen molar-refractivity contribution >= 4 is 29.4 Å². The van der Waals surface area contributed by atoms with Crippen LogP contribution in [0.4, 0.5) is 0 Å². The minimum atomic E-state index is -1.12. The van der Waals surface area contributed by atoms with E-state index in [-0.39, 0.29) is 23.5 Å². The number of ether oxygens (including phenoxy) is 5. The van der Waals surface area contributed by atoms with Crippen LogP contribution in [-0.4, -0.2) is 55.7 Å². The van der Waals surface area contributed by atoms with Crippen molar-refractivity contribution in [2.75, 3.05) is 34.0 Å². The number of hydrogen-bond donors (Lipinski definition) is 1. The molecular weight excluding hydrogens is 552 g/mol. The van der Waals surface area contributed by atoms with Crippen molar-refractivity contribution in [1.82, 2.24) is 4.57 Å². The van der Waals surface area contributed by atoms with E-state index in [1.165, 1.54) is 30.1 Å². The van der Waals surface area contributed by atoms with Crippen LogP contribution < -0.4 is 33.8 Å². The van der Waals surface area contributed by atoms with Gasteiger partial charge in [0.25, 0.3) is 5.56 Å². The molecule has 1 atom stereocenters. The standard InChI is InChI=1S/C29H30N2O9S/c1-6-38-22-14-18(9-11-19(22)36-4)26-25(28(35)39-7-2)16(3)30-29-31(26)27(34)23(41-29)13-17-8-10-20(21(12-17)37-5)40-15-24(32)33/h8-14,26H,6-7,15H2,1-5H3,(H,32,33)/b23-13+/t26-/m1/s1. The van der Waals surface area contributed by atoms with Crippen LogP contribution in [0.25, 0.3) is 6.08 Å². The molecule has 216 valence electrons. The largest absolute Gasteiger partial charge is 0.493 e. The molecule has 41 heavy (non-hydrogen) atoms. The summed E-state index contributed by atoms with van der Waals surface area (Å²) in [6.07, 6.45) is 1.67. The lowest BCUT2D eigenvalue weighted by Crippen LogP contribution is -2.40. The first-order valence-electron chi connectivity index (χ1n) is 12.7. The number of carbonyl (C=O) groups is 2. The number of nitrogens with zero attached hydrogens (tertiary/aromatic N) is 2. The van der Waals surface area contributed by atoms with E-state index in [1.54, 1.807) is 56.3 Å². The average molecular weight is 583 g/mol. The first-order valence-corrected chi connectivity index (χ1v) is 13.6. The highest BCUT2D eigenvalue weighted by molar-refractivity contribution is 7.07. The minimum Gasteiger partial charge on any atom is -0.493 e. The van der Waals surface area contributed by atoms with Gasteiger partial charge in [-0.25, -0.2) is 14.6 Å². The zero-order valence-corrected chi connectivity index (χ0v) is 24.1. The van der Waals surface area contributed by atoms with Crippen molar-refractivity contribution in [2.24, 2.45) is 4.99 Å². The van der Waals surface area contributed by atoms with Gasteiger partial charge in [0.05, 0.1) is 49.3 Å². The van der Waals surface area contributed by atoms with Gasteiger partial charge in [-0.05, 0) is 62.2 Å². The molecule has 2 heterocycles. The van der Waals surface area contributed by atoms with Crippen LogP contribution in [0.15, 0.2) is 57.5 Å². The van der Waals surface area contributed by atoms with E-state index in [0.29, 0.717) is 50.0 Å². The fourth-order valence-corrected chi connectivity index (χ4v) is 5.47. The molecule has 0 fully saturated rings. The van der Waals surface area contributed by atoms with E-state index in [9.17, 15) is 14.4 Å². The second-order valence-electron chi connectivity index (χ2n) is 8.74. The number of aliphatic carboxylic acids is 1. The molecule has 0 aliphatic carbocycles. The lowest BCUT2D eigenvalue weighted by atomic mass is 9.95. The summed E-state index contributed by atoms with van der Waals surface area (Å²) in [7, 11) is 2.97. The van der Waals surface area contributed by atoms with Gasteiger partial charge in [0.15, 0.2) is 34.4 Å². The van der Waals surface area contributed by atoms with Gasteiger partial charge in [0.2, 0.25) is 0 Å². The van der Waals surface area contributed by atoms with Crippen molar-refractivity contribution < 1.29 is 38.4 Å². The SMILES string of the molecule is CCOC(=O)C1=C(C)N=c2s/c(=C/c3ccc(OCC(=O)O)c(OC)c3)c(=O)n2[C@@H]1c1ccc(OC)c(OCC)c1. The van der Waals surface area contributed by atoms with Crippen LogP contribution in [0, 0.1) is 0 Å². The third-order valence-corrected chi connectivity index (χ3v) is 7.14. The van der Waals surface area contributed by atoms with Crippen LogP contribution in [0.2, 0.25) is 0 Å². The number of hydrogen-bond acceptors (Lipinski definition) is 10. The van der Waals surface area contributed by atoms with Gasteiger partial charge in [-0.15, -0.1) is 0 Å². The molecule has 1 N–H and O–H groups in total. The molecule has 12 heteroatoms. The predicted octanol–water partition coefficient (Wildman–Crippen LogP) is 2.68. The van der Waals surface area contributed by atoms with E-state index in [1.807, 2.05) is 6.92 Å². The van der Waals surface area contributed by atoms with Gasteiger partial charge in [-0.2, -0.15) is 0 Å². The molecule has 0 unspecified atom stereocenters. The number of benzene rings is 2. The Bertz CT molecular complexity index is 1690. The number of methoxy groups -OCH3 is 2. The van der Waals surface area contributed by atoms with E-state index < -0.39 is 24.6 Å². The van der Waals surface area contributed by atoms with Gasteiger partial charge in [0.1, 0.15) is 0 Å². The third-order valence-electron chi connectivity index (χ3n) is 6.16. The van der Waals surface area contributed by atoms with Gasteiger partial charge in [-0.3, -0.25) is 9.36 Å². The van der Waals surface area contributed by atoms with Crippen molar-refractivity contribution in [3.05, 3.63) is 78.5 Å². The summed E-state index contributed by atoms with van der Waals surface area (Å²) < 4.78 is 29.0. The van der Waals surface area contributed by atoms with Crippen LogP contribution in [0.3, 0.4) is 0 Å². The lowest BCUT2D eigenvalue weighted by molar-refractivity contribution is -0.140. The quantitative estimate of drug-likeness (QED) is 0.339. The molecule has 0 saturated carbocycles. The van der Waals surface area contributed by atoms with E-state index in [0.717, 1.165) is 0 Å². The molecule has 1 aliphatic rings. The molecule has 0 bridgehead atoms.